The maximum absolute atomic E-state index is 5.82. The van der Waals surface area contributed by atoms with Crippen molar-refractivity contribution in [1.82, 2.24) is 0 Å². The average molecular weight is 186 g/mol. The van der Waals surface area contributed by atoms with Crippen molar-refractivity contribution in [3.8, 4) is 11.5 Å². The Labute approximate surface area is 77.1 Å². The molecule has 0 aliphatic carbocycles. The molecule has 0 atom stereocenters. The lowest BCUT2D eigenvalue weighted by molar-refractivity contribution is 0.389. The zero-order valence-corrected chi connectivity index (χ0v) is 8.03. The third-order valence-electron chi connectivity index (χ3n) is 1.66. The molecule has 1 rings (SSSR count). The SMILES string of the molecule is COc1c[c]c(Cl)c(OC)c1C. The van der Waals surface area contributed by atoms with Gasteiger partial charge in [-0.1, -0.05) is 11.6 Å². The standard InChI is InChI=1S/C9H10ClO2/c1-6-8(11-2)5-4-7(10)9(6)12-3/h5H,1-3H3. The summed E-state index contributed by atoms with van der Waals surface area (Å²) in [4.78, 5) is 0. The molecule has 2 nitrogen and oxygen atoms in total. The molecular weight excluding hydrogens is 176 g/mol. The molecule has 0 aliphatic rings. The van der Waals surface area contributed by atoms with Crippen LogP contribution >= 0.6 is 11.6 Å². The molecule has 0 saturated heterocycles. The van der Waals surface area contributed by atoms with E-state index in [0.29, 0.717) is 10.8 Å². The lowest BCUT2D eigenvalue weighted by Crippen LogP contribution is -1.92. The zero-order chi connectivity index (χ0) is 9.14. The predicted octanol–water partition coefficient (Wildman–Crippen LogP) is 2.47. The Morgan fingerprint density at radius 2 is 2.00 bits per heavy atom. The predicted molar refractivity (Wildman–Crippen MR) is 48.1 cm³/mol. The number of hydrogen-bond donors (Lipinski definition) is 0. The average Bonchev–Trinajstić information content (AvgIpc) is 2.06. The van der Waals surface area contributed by atoms with E-state index in [9.17, 15) is 0 Å². The van der Waals surface area contributed by atoms with Crippen LogP contribution in [0, 0.1) is 13.0 Å². The van der Waals surface area contributed by atoms with E-state index < -0.39 is 0 Å². The Balaban J connectivity index is 3.24. The van der Waals surface area contributed by atoms with Gasteiger partial charge in [-0.3, -0.25) is 0 Å². The van der Waals surface area contributed by atoms with Crippen LogP contribution in [-0.2, 0) is 0 Å². The molecule has 0 spiro atoms. The van der Waals surface area contributed by atoms with Crippen molar-refractivity contribution in [3.05, 3.63) is 22.7 Å². The summed E-state index contributed by atoms with van der Waals surface area (Å²) < 4.78 is 10.1. The Morgan fingerprint density at radius 3 is 2.50 bits per heavy atom. The van der Waals surface area contributed by atoms with Crippen molar-refractivity contribution >= 4 is 11.6 Å². The second kappa shape index (κ2) is 3.68. The van der Waals surface area contributed by atoms with Crippen molar-refractivity contribution < 1.29 is 9.47 Å². The van der Waals surface area contributed by atoms with Gasteiger partial charge in [-0.15, -0.1) is 0 Å². The molecule has 0 N–H and O–H groups in total. The summed E-state index contributed by atoms with van der Waals surface area (Å²) in [5.74, 6) is 1.35. The van der Waals surface area contributed by atoms with Gasteiger partial charge in [0.15, 0.2) is 0 Å². The molecule has 0 saturated carbocycles. The third-order valence-corrected chi connectivity index (χ3v) is 1.94. The molecule has 3 heteroatoms. The second-order valence-electron chi connectivity index (χ2n) is 2.33. The Hall–Kier alpha value is -0.890. The Morgan fingerprint density at radius 1 is 1.33 bits per heavy atom. The van der Waals surface area contributed by atoms with Gasteiger partial charge in [0.2, 0.25) is 0 Å². The van der Waals surface area contributed by atoms with Gasteiger partial charge in [0.25, 0.3) is 0 Å². The van der Waals surface area contributed by atoms with Gasteiger partial charge in [0, 0.05) is 11.6 Å². The fraction of sp³-hybridized carbons (Fsp3) is 0.333. The van der Waals surface area contributed by atoms with E-state index in [1.54, 1.807) is 20.3 Å². The third kappa shape index (κ3) is 1.48. The Bertz CT molecular complexity index is 284. The van der Waals surface area contributed by atoms with E-state index in [1.165, 1.54) is 0 Å². The molecule has 0 heterocycles. The fourth-order valence-electron chi connectivity index (χ4n) is 1.03. The van der Waals surface area contributed by atoms with Crippen LogP contribution in [0.3, 0.4) is 0 Å². The minimum Gasteiger partial charge on any atom is -0.496 e. The molecule has 1 radical (unpaired) electrons. The Kier molecular flexibility index (Phi) is 2.82. The second-order valence-corrected chi connectivity index (χ2v) is 2.71. The zero-order valence-electron chi connectivity index (χ0n) is 7.27. The maximum Gasteiger partial charge on any atom is 0.144 e. The smallest absolute Gasteiger partial charge is 0.144 e. The van der Waals surface area contributed by atoms with E-state index in [1.807, 2.05) is 6.92 Å². The minimum atomic E-state index is 0.482. The molecule has 0 unspecified atom stereocenters. The molecule has 65 valence electrons. The van der Waals surface area contributed by atoms with Crippen LogP contribution in [0.1, 0.15) is 5.56 Å². The van der Waals surface area contributed by atoms with E-state index >= 15 is 0 Å². The highest BCUT2D eigenvalue weighted by Gasteiger charge is 2.08. The highest BCUT2D eigenvalue weighted by Crippen LogP contribution is 2.33. The molecule has 0 aliphatic heterocycles. The first-order valence-electron chi connectivity index (χ1n) is 3.49. The molecule has 12 heavy (non-hydrogen) atoms. The number of benzene rings is 1. The maximum atomic E-state index is 5.82. The molecule has 0 amide bonds. The highest BCUT2D eigenvalue weighted by molar-refractivity contribution is 6.32. The monoisotopic (exact) mass is 185 g/mol. The molecular formula is C9H10ClO2. The van der Waals surface area contributed by atoms with Crippen molar-refractivity contribution in [3.63, 3.8) is 0 Å². The van der Waals surface area contributed by atoms with Gasteiger partial charge >= 0.3 is 0 Å². The van der Waals surface area contributed by atoms with Crippen LogP contribution in [0.25, 0.3) is 0 Å². The number of rotatable bonds is 2. The van der Waals surface area contributed by atoms with E-state index in [2.05, 4.69) is 6.07 Å². The number of methoxy groups -OCH3 is 2. The van der Waals surface area contributed by atoms with Gasteiger partial charge in [-0.05, 0) is 13.0 Å². The summed E-state index contributed by atoms with van der Waals surface area (Å²) in [7, 11) is 3.17. The fourth-order valence-corrected chi connectivity index (χ4v) is 1.31. The molecule has 1 aromatic rings. The summed E-state index contributed by atoms with van der Waals surface area (Å²) in [6, 6.07) is 4.52. The van der Waals surface area contributed by atoms with Gasteiger partial charge in [0.1, 0.15) is 11.5 Å². The molecule has 0 fully saturated rings. The van der Waals surface area contributed by atoms with Crippen molar-refractivity contribution in [2.24, 2.45) is 0 Å². The van der Waals surface area contributed by atoms with Crippen LogP contribution in [-0.4, -0.2) is 14.2 Å². The van der Waals surface area contributed by atoms with Gasteiger partial charge < -0.3 is 9.47 Å². The van der Waals surface area contributed by atoms with E-state index in [0.717, 1.165) is 11.3 Å². The summed E-state index contributed by atoms with van der Waals surface area (Å²) in [6.45, 7) is 1.89. The summed E-state index contributed by atoms with van der Waals surface area (Å²) in [6.07, 6.45) is 0. The van der Waals surface area contributed by atoms with Crippen molar-refractivity contribution in [1.29, 1.82) is 0 Å². The van der Waals surface area contributed by atoms with Gasteiger partial charge in [-0.25, -0.2) is 0 Å². The van der Waals surface area contributed by atoms with Crippen LogP contribution in [0.4, 0.5) is 0 Å². The number of halogens is 1. The molecule has 1 aromatic carbocycles. The number of hydrogen-bond acceptors (Lipinski definition) is 2. The topological polar surface area (TPSA) is 18.5 Å². The first-order valence-corrected chi connectivity index (χ1v) is 3.87. The lowest BCUT2D eigenvalue weighted by atomic mass is 10.2. The summed E-state index contributed by atoms with van der Waals surface area (Å²) in [5, 5.41) is 0.482. The molecule has 0 aromatic heterocycles. The lowest BCUT2D eigenvalue weighted by Gasteiger charge is -2.09. The quantitative estimate of drug-likeness (QED) is 0.705. The first kappa shape index (κ1) is 9.20. The summed E-state index contributed by atoms with van der Waals surface area (Å²) in [5.41, 5.74) is 0.892. The van der Waals surface area contributed by atoms with Crippen LogP contribution in [0.5, 0.6) is 11.5 Å². The van der Waals surface area contributed by atoms with Crippen LogP contribution < -0.4 is 9.47 Å². The normalized spacial score (nSPS) is 9.67. The van der Waals surface area contributed by atoms with Crippen LogP contribution in [0.2, 0.25) is 5.02 Å². The number of ether oxygens (including phenoxy) is 2. The largest absolute Gasteiger partial charge is 0.496 e. The van der Waals surface area contributed by atoms with Gasteiger partial charge in [-0.2, -0.15) is 0 Å². The molecule has 0 bridgehead atoms. The first-order chi connectivity index (χ1) is 5.70. The van der Waals surface area contributed by atoms with Crippen LogP contribution in [0.15, 0.2) is 6.07 Å². The van der Waals surface area contributed by atoms with Crippen molar-refractivity contribution in [2.75, 3.05) is 14.2 Å². The summed E-state index contributed by atoms with van der Waals surface area (Å²) >= 11 is 5.82. The highest BCUT2D eigenvalue weighted by atomic mass is 35.5. The van der Waals surface area contributed by atoms with Gasteiger partial charge in [0.05, 0.1) is 19.2 Å². The van der Waals surface area contributed by atoms with Crippen molar-refractivity contribution in [2.45, 2.75) is 6.92 Å². The minimum absolute atomic E-state index is 0.482. The van der Waals surface area contributed by atoms with E-state index in [-0.39, 0.29) is 0 Å². The van der Waals surface area contributed by atoms with E-state index in [4.69, 9.17) is 21.1 Å².